The van der Waals surface area contributed by atoms with Crippen LogP contribution >= 0.6 is 0 Å². The molecule has 6 nitrogen and oxygen atoms in total. The number of nitrogens with zero attached hydrogens (tertiary/aromatic N) is 1. The fraction of sp³-hybridized carbons (Fsp3) is 0.286. The molecule has 174 valence electrons. The Balaban J connectivity index is 1.29. The van der Waals surface area contributed by atoms with Gasteiger partial charge in [0.05, 0.1) is 12.5 Å². The summed E-state index contributed by atoms with van der Waals surface area (Å²) in [6.45, 7) is 1.17. The lowest BCUT2D eigenvalue weighted by Gasteiger charge is -2.19. The second kappa shape index (κ2) is 9.31. The monoisotopic (exact) mass is 457 g/mol. The molecule has 6 heteroatoms. The number of rotatable bonds is 6. The smallest absolute Gasteiger partial charge is 0.409 e. The van der Waals surface area contributed by atoms with Crippen LogP contribution < -0.4 is 0 Å². The standard InChI is InChI=1S/C28H27NO5/c1-33-16-18-10-12-19(13-11-18)24-14-29(15-25(24)27(30)31)28(32)34-17-26-22-8-4-2-6-20(22)21-7-3-5-9-23(21)26/h2-13,24-26H,14-17H2,1H3,(H,30,31). The molecule has 3 aromatic rings. The number of aliphatic carboxylic acids is 1. The number of likely N-dealkylation sites (tertiary alicyclic amines) is 1. The summed E-state index contributed by atoms with van der Waals surface area (Å²) >= 11 is 0. The van der Waals surface area contributed by atoms with Gasteiger partial charge in [0.25, 0.3) is 0 Å². The van der Waals surface area contributed by atoms with Crippen LogP contribution in [0.15, 0.2) is 72.8 Å². The molecule has 1 fully saturated rings. The molecule has 2 unspecified atom stereocenters. The number of methoxy groups -OCH3 is 1. The molecule has 1 aliphatic heterocycles. The molecule has 3 aromatic carbocycles. The molecule has 2 atom stereocenters. The first-order chi connectivity index (χ1) is 16.6. The Morgan fingerprint density at radius 2 is 1.53 bits per heavy atom. The maximum Gasteiger partial charge on any atom is 0.409 e. The summed E-state index contributed by atoms with van der Waals surface area (Å²) in [6, 6.07) is 24.1. The zero-order valence-corrected chi connectivity index (χ0v) is 19.0. The molecule has 0 spiro atoms. The van der Waals surface area contributed by atoms with Crippen LogP contribution in [0.5, 0.6) is 0 Å². The molecule has 1 amide bonds. The predicted molar refractivity (Wildman–Crippen MR) is 128 cm³/mol. The number of carboxylic acids is 1. The van der Waals surface area contributed by atoms with E-state index in [9.17, 15) is 14.7 Å². The Kier molecular flexibility index (Phi) is 6.07. The van der Waals surface area contributed by atoms with Crippen molar-refractivity contribution in [3.63, 3.8) is 0 Å². The number of carbonyl (C=O) groups is 2. The molecule has 0 aromatic heterocycles. The van der Waals surface area contributed by atoms with Crippen LogP contribution in [0, 0.1) is 5.92 Å². The van der Waals surface area contributed by atoms with Crippen LogP contribution in [0.3, 0.4) is 0 Å². The maximum absolute atomic E-state index is 13.0. The normalized spacial score (nSPS) is 19.0. The van der Waals surface area contributed by atoms with Gasteiger partial charge in [0.15, 0.2) is 0 Å². The van der Waals surface area contributed by atoms with Crippen LogP contribution in [0.1, 0.15) is 34.1 Å². The highest BCUT2D eigenvalue weighted by molar-refractivity contribution is 5.79. The van der Waals surface area contributed by atoms with Crippen LogP contribution in [0.25, 0.3) is 11.1 Å². The molecule has 2 aliphatic rings. The Morgan fingerprint density at radius 1 is 0.912 bits per heavy atom. The first-order valence-electron chi connectivity index (χ1n) is 11.5. The molecule has 1 saturated heterocycles. The van der Waals surface area contributed by atoms with Crippen molar-refractivity contribution in [2.75, 3.05) is 26.8 Å². The van der Waals surface area contributed by atoms with Gasteiger partial charge in [-0.15, -0.1) is 0 Å². The molecule has 0 radical (unpaired) electrons. The number of amides is 1. The molecule has 0 saturated carbocycles. The molecule has 34 heavy (non-hydrogen) atoms. The molecule has 0 bridgehead atoms. The fourth-order valence-electron chi connectivity index (χ4n) is 5.25. The van der Waals surface area contributed by atoms with E-state index in [-0.39, 0.29) is 25.0 Å². The van der Waals surface area contributed by atoms with Gasteiger partial charge in [-0.05, 0) is 33.4 Å². The number of hydrogen-bond donors (Lipinski definition) is 1. The largest absolute Gasteiger partial charge is 0.481 e. The summed E-state index contributed by atoms with van der Waals surface area (Å²) in [5.41, 5.74) is 6.56. The van der Waals surface area contributed by atoms with Gasteiger partial charge in [-0.25, -0.2) is 4.79 Å². The van der Waals surface area contributed by atoms with Crippen molar-refractivity contribution in [3.8, 4) is 11.1 Å². The van der Waals surface area contributed by atoms with E-state index in [1.165, 1.54) is 16.0 Å². The average molecular weight is 458 g/mol. The topological polar surface area (TPSA) is 76.1 Å². The van der Waals surface area contributed by atoms with E-state index in [0.717, 1.165) is 22.3 Å². The SMILES string of the molecule is COCc1ccc(C2CN(C(=O)OCC3c4ccccc4-c4ccccc43)CC2C(=O)O)cc1. The summed E-state index contributed by atoms with van der Waals surface area (Å²) in [5.74, 6) is -1.89. The molecule has 1 N–H and O–H groups in total. The maximum atomic E-state index is 13.0. The fourth-order valence-corrected chi connectivity index (χ4v) is 5.25. The Bertz CT molecular complexity index is 1160. The number of hydrogen-bond acceptors (Lipinski definition) is 4. The summed E-state index contributed by atoms with van der Waals surface area (Å²) in [7, 11) is 1.64. The van der Waals surface area contributed by atoms with Crippen molar-refractivity contribution in [2.24, 2.45) is 5.92 Å². The highest BCUT2D eigenvalue weighted by Crippen LogP contribution is 2.44. The highest BCUT2D eigenvalue weighted by atomic mass is 16.6. The predicted octanol–water partition coefficient (Wildman–Crippen LogP) is 4.88. The molecule has 5 rings (SSSR count). The van der Waals surface area contributed by atoms with Gasteiger partial charge in [0.2, 0.25) is 0 Å². The van der Waals surface area contributed by atoms with Crippen LogP contribution in [0.2, 0.25) is 0 Å². The van der Waals surface area contributed by atoms with Crippen molar-refractivity contribution in [1.29, 1.82) is 0 Å². The number of fused-ring (bicyclic) bond motifs is 3. The lowest BCUT2D eigenvalue weighted by atomic mass is 9.88. The lowest BCUT2D eigenvalue weighted by molar-refractivity contribution is -0.141. The Morgan fingerprint density at radius 3 is 2.12 bits per heavy atom. The zero-order chi connectivity index (χ0) is 23.7. The van der Waals surface area contributed by atoms with E-state index in [2.05, 4.69) is 24.3 Å². The third-order valence-corrected chi connectivity index (χ3v) is 6.95. The van der Waals surface area contributed by atoms with E-state index in [1.807, 2.05) is 48.5 Å². The lowest BCUT2D eigenvalue weighted by Crippen LogP contribution is -2.31. The van der Waals surface area contributed by atoms with Crippen molar-refractivity contribution >= 4 is 12.1 Å². The van der Waals surface area contributed by atoms with E-state index < -0.39 is 18.0 Å². The van der Waals surface area contributed by atoms with Gasteiger partial charge in [-0.3, -0.25) is 4.79 Å². The van der Waals surface area contributed by atoms with Gasteiger partial charge < -0.3 is 19.5 Å². The number of ether oxygens (including phenoxy) is 2. The van der Waals surface area contributed by atoms with E-state index >= 15 is 0 Å². The minimum Gasteiger partial charge on any atom is -0.481 e. The second-order valence-electron chi connectivity index (χ2n) is 8.93. The van der Waals surface area contributed by atoms with Crippen LogP contribution in [-0.4, -0.2) is 48.9 Å². The summed E-state index contributed by atoms with van der Waals surface area (Å²) in [5, 5.41) is 9.81. The highest BCUT2D eigenvalue weighted by Gasteiger charge is 2.41. The van der Waals surface area contributed by atoms with E-state index in [4.69, 9.17) is 9.47 Å². The van der Waals surface area contributed by atoms with Gasteiger partial charge in [0, 0.05) is 32.0 Å². The summed E-state index contributed by atoms with van der Waals surface area (Å²) in [4.78, 5) is 26.5. The average Bonchev–Trinajstić information content (AvgIpc) is 3.44. The molecule has 1 heterocycles. The minimum atomic E-state index is -0.903. The Hall–Kier alpha value is -3.64. The first-order valence-corrected chi connectivity index (χ1v) is 11.5. The van der Waals surface area contributed by atoms with Crippen molar-refractivity contribution in [3.05, 3.63) is 95.1 Å². The number of carboxylic acid groups (broad SMARTS) is 1. The van der Waals surface area contributed by atoms with Gasteiger partial charge >= 0.3 is 12.1 Å². The third-order valence-electron chi connectivity index (χ3n) is 6.95. The summed E-state index contributed by atoms with van der Waals surface area (Å²) < 4.78 is 10.9. The van der Waals surface area contributed by atoms with Crippen LogP contribution in [-0.2, 0) is 20.9 Å². The second-order valence-corrected chi connectivity index (χ2v) is 8.93. The molecular weight excluding hydrogens is 430 g/mol. The van der Waals surface area contributed by atoms with E-state index in [0.29, 0.717) is 13.2 Å². The molecule has 1 aliphatic carbocycles. The number of carbonyl (C=O) groups excluding carboxylic acids is 1. The van der Waals surface area contributed by atoms with Gasteiger partial charge in [-0.1, -0.05) is 72.8 Å². The van der Waals surface area contributed by atoms with Crippen LogP contribution in [0.4, 0.5) is 4.79 Å². The Labute approximate surface area is 198 Å². The number of benzene rings is 3. The third kappa shape index (κ3) is 4.05. The van der Waals surface area contributed by atoms with Gasteiger partial charge in [0.1, 0.15) is 6.61 Å². The quantitative estimate of drug-likeness (QED) is 0.571. The van der Waals surface area contributed by atoms with Gasteiger partial charge in [-0.2, -0.15) is 0 Å². The first kappa shape index (κ1) is 22.2. The zero-order valence-electron chi connectivity index (χ0n) is 19.0. The van der Waals surface area contributed by atoms with Crippen molar-refractivity contribution in [1.82, 2.24) is 4.90 Å². The van der Waals surface area contributed by atoms with Crippen molar-refractivity contribution in [2.45, 2.75) is 18.4 Å². The van der Waals surface area contributed by atoms with E-state index in [1.54, 1.807) is 7.11 Å². The molecular formula is C28H27NO5. The summed E-state index contributed by atoms with van der Waals surface area (Å²) in [6.07, 6.45) is -0.466. The van der Waals surface area contributed by atoms with Crippen molar-refractivity contribution < 1.29 is 24.2 Å². The minimum absolute atomic E-state index is 0.0293.